The molecule has 1 aliphatic rings. The molecule has 0 aliphatic carbocycles. The average molecular weight is 319 g/mol. The maximum atomic E-state index is 12.1. The minimum Gasteiger partial charge on any atom is -0.399 e. The van der Waals surface area contributed by atoms with Crippen molar-refractivity contribution < 1.29 is 13.2 Å². The highest BCUT2D eigenvalue weighted by molar-refractivity contribution is 7.89. The summed E-state index contributed by atoms with van der Waals surface area (Å²) >= 11 is 5.92. The van der Waals surface area contributed by atoms with Gasteiger partial charge in [0.15, 0.2) is 0 Å². The van der Waals surface area contributed by atoms with Crippen molar-refractivity contribution in [1.29, 1.82) is 0 Å². The minimum atomic E-state index is -3.60. The van der Waals surface area contributed by atoms with Crippen LogP contribution >= 0.6 is 11.6 Å². The zero-order chi connectivity index (χ0) is 14.6. The predicted octanol–water partition coefficient (Wildman–Crippen LogP) is 2.16. The third kappa shape index (κ3) is 4.09. The summed E-state index contributed by atoms with van der Waals surface area (Å²) in [5.74, 6) is 0. The van der Waals surface area contributed by atoms with Crippen LogP contribution in [-0.2, 0) is 14.8 Å². The summed E-state index contributed by atoms with van der Waals surface area (Å²) in [5.41, 5.74) is 5.99. The van der Waals surface area contributed by atoms with E-state index in [0.717, 1.165) is 25.9 Å². The van der Waals surface area contributed by atoms with Crippen LogP contribution in [0.4, 0.5) is 5.69 Å². The lowest BCUT2D eigenvalue weighted by atomic mass is 10.1. The Hall–Kier alpha value is -0.820. The molecule has 1 heterocycles. The molecule has 1 atom stereocenters. The van der Waals surface area contributed by atoms with Crippen molar-refractivity contribution in [2.75, 3.05) is 18.9 Å². The van der Waals surface area contributed by atoms with Gasteiger partial charge < -0.3 is 10.5 Å². The average Bonchev–Trinajstić information content (AvgIpc) is 2.39. The third-order valence-electron chi connectivity index (χ3n) is 3.28. The van der Waals surface area contributed by atoms with E-state index in [1.54, 1.807) is 0 Å². The topological polar surface area (TPSA) is 81.4 Å². The summed E-state index contributed by atoms with van der Waals surface area (Å²) in [6.07, 6.45) is 4.04. The fraction of sp³-hybridized carbons (Fsp3) is 0.538. The summed E-state index contributed by atoms with van der Waals surface area (Å²) in [6, 6.07) is 4.36. The number of nitrogens with one attached hydrogen (secondary N) is 1. The number of hydrogen-bond acceptors (Lipinski definition) is 4. The first-order valence-electron chi connectivity index (χ1n) is 6.65. The van der Waals surface area contributed by atoms with E-state index in [9.17, 15) is 8.42 Å². The predicted molar refractivity (Wildman–Crippen MR) is 79.3 cm³/mol. The van der Waals surface area contributed by atoms with E-state index in [2.05, 4.69) is 4.72 Å². The molecule has 1 unspecified atom stereocenters. The second-order valence-corrected chi connectivity index (χ2v) is 7.01. The van der Waals surface area contributed by atoms with Crippen LogP contribution in [0.2, 0.25) is 5.02 Å². The number of sulfonamides is 1. The van der Waals surface area contributed by atoms with Crippen molar-refractivity contribution in [3.8, 4) is 0 Å². The Morgan fingerprint density at radius 3 is 2.85 bits per heavy atom. The molecule has 0 aromatic heterocycles. The standard InChI is InChI=1S/C13H19ClN2O3S/c14-12-9-10(15)4-5-13(12)20(17,18)16-7-6-11-3-1-2-8-19-11/h4-5,9,11,16H,1-3,6-8,15H2. The van der Waals surface area contributed by atoms with Crippen molar-refractivity contribution in [2.45, 2.75) is 36.7 Å². The Labute approximate surface area is 124 Å². The third-order valence-corrected chi connectivity index (χ3v) is 5.22. The summed E-state index contributed by atoms with van der Waals surface area (Å²) in [4.78, 5) is 0.0536. The first-order chi connectivity index (χ1) is 9.49. The van der Waals surface area contributed by atoms with Gasteiger partial charge in [-0.15, -0.1) is 0 Å². The SMILES string of the molecule is Nc1ccc(S(=O)(=O)NCCC2CCCCO2)c(Cl)c1. The van der Waals surface area contributed by atoms with Crippen LogP contribution in [0, 0.1) is 0 Å². The molecular formula is C13H19ClN2O3S. The second-order valence-electron chi connectivity index (χ2n) is 4.86. The molecule has 5 nitrogen and oxygen atoms in total. The number of halogens is 1. The first kappa shape index (κ1) is 15.6. The van der Waals surface area contributed by atoms with E-state index in [1.807, 2.05) is 0 Å². The Balaban J connectivity index is 1.93. The number of ether oxygens (including phenoxy) is 1. The number of nitrogen functional groups attached to an aromatic ring is 1. The second kappa shape index (κ2) is 6.76. The van der Waals surface area contributed by atoms with Crippen LogP contribution < -0.4 is 10.5 Å². The maximum absolute atomic E-state index is 12.1. The van der Waals surface area contributed by atoms with Gasteiger partial charge in [-0.2, -0.15) is 0 Å². The zero-order valence-corrected chi connectivity index (χ0v) is 12.7. The molecule has 20 heavy (non-hydrogen) atoms. The van der Waals surface area contributed by atoms with Crippen molar-refractivity contribution >= 4 is 27.3 Å². The van der Waals surface area contributed by atoms with Crippen LogP contribution in [-0.4, -0.2) is 27.7 Å². The monoisotopic (exact) mass is 318 g/mol. The Kier molecular flexibility index (Phi) is 5.26. The summed E-state index contributed by atoms with van der Waals surface area (Å²) < 4.78 is 32.4. The smallest absolute Gasteiger partial charge is 0.242 e. The van der Waals surface area contributed by atoms with Gasteiger partial charge in [-0.3, -0.25) is 0 Å². The van der Waals surface area contributed by atoms with E-state index in [0.29, 0.717) is 18.7 Å². The van der Waals surface area contributed by atoms with E-state index in [-0.39, 0.29) is 16.0 Å². The Morgan fingerprint density at radius 1 is 1.40 bits per heavy atom. The molecule has 1 saturated heterocycles. The van der Waals surface area contributed by atoms with Gasteiger partial charge in [-0.25, -0.2) is 13.1 Å². The van der Waals surface area contributed by atoms with Crippen molar-refractivity contribution in [3.63, 3.8) is 0 Å². The lowest BCUT2D eigenvalue weighted by Crippen LogP contribution is -2.29. The van der Waals surface area contributed by atoms with Gasteiger partial charge in [0, 0.05) is 18.8 Å². The molecule has 0 spiro atoms. The maximum Gasteiger partial charge on any atom is 0.242 e. The highest BCUT2D eigenvalue weighted by atomic mass is 35.5. The highest BCUT2D eigenvalue weighted by Gasteiger charge is 2.19. The van der Waals surface area contributed by atoms with Gasteiger partial charge in [-0.05, 0) is 43.9 Å². The van der Waals surface area contributed by atoms with Gasteiger partial charge >= 0.3 is 0 Å². The van der Waals surface area contributed by atoms with E-state index >= 15 is 0 Å². The highest BCUT2D eigenvalue weighted by Crippen LogP contribution is 2.23. The van der Waals surface area contributed by atoms with Gasteiger partial charge in [0.05, 0.1) is 11.1 Å². The van der Waals surface area contributed by atoms with Crippen LogP contribution in [0.3, 0.4) is 0 Å². The fourth-order valence-corrected chi connectivity index (χ4v) is 3.80. The molecule has 7 heteroatoms. The van der Waals surface area contributed by atoms with Crippen LogP contribution in [0.5, 0.6) is 0 Å². The fourth-order valence-electron chi connectivity index (χ4n) is 2.20. The molecule has 2 rings (SSSR count). The van der Waals surface area contributed by atoms with Crippen molar-refractivity contribution in [1.82, 2.24) is 4.72 Å². The normalized spacial score (nSPS) is 19.9. The molecule has 0 radical (unpaired) electrons. The lowest BCUT2D eigenvalue weighted by molar-refractivity contribution is 0.0123. The molecule has 0 amide bonds. The zero-order valence-electron chi connectivity index (χ0n) is 11.1. The van der Waals surface area contributed by atoms with Gasteiger partial charge in [0.2, 0.25) is 10.0 Å². The number of nitrogens with two attached hydrogens (primary N) is 1. The molecule has 1 fully saturated rings. The quantitative estimate of drug-likeness (QED) is 0.815. The largest absolute Gasteiger partial charge is 0.399 e. The molecule has 1 aromatic rings. The first-order valence-corrected chi connectivity index (χ1v) is 8.51. The van der Waals surface area contributed by atoms with Crippen molar-refractivity contribution in [2.24, 2.45) is 0 Å². The van der Waals surface area contributed by atoms with Crippen molar-refractivity contribution in [3.05, 3.63) is 23.2 Å². The van der Waals surface area contributed by atoms with Crippen LogP contribution in [0.25, 0.3) is 0 Å². The molecule has 0 saturated carbocycles. The molecule has 3 N–H and O–H groups in total. The van der Waals surface area contributed by atoms with E-state index in [1.165, 1.54) is 18.2 Å². The number of benzene rings is 1. The summed E-state index contributed by atoms with van der Waals surface area (Å²) in [6.45, 7) is 1.11. The number of hydrogen-bond donors (Lipinski definition) is 2. The molecule has 1 aliphatic heterocycles. The lowest BCUT2D eigenvalue weighted by Gasteiger charge is -2.22. The molecular weight excluding hydrogens is 300 g/mol. The molecule has 112 valence electrons. The van der Waals surface area contributed by atoms with E-state index < -0.39 is 10.0 Å². The minimum absolute atomic E-state index is 0.0536. The Bertz CT molecular complexity index is 557. The molecule has 1 aromatic carbocycles. The van der Waals surface area contributed by atoms with E-state index in [4.69, 9.17) is 22.1 Å². The van der Waals surface area contributed by atoms with Gasteiger partial charge in [0.25, 0.3) is 0 Å². The summed E-state index contributed by atoms with van der Waals surface area (Å²) in [7, 11) is -3.60. The molecule has 0 bridgehead atoms. The van der Waals surface area contributed by atoms with Gasteiger partial charge in [0.1, 0.15) is 4.90 Å². The van der Waals surface area contributed by atoms with Crippen LogP contribution in [0.15, 0.2) is 23.1 Å². The van der Waals surface area contributed by atoms with Gasteiger partial charge in [-0.1, -0.05) is 11.6 Å². The summed E-state index contributed by atoms with van der Waals surface area (Å²) in [5, 5.41) is 0.131. The Morgan fingerprint density at radius 2 is 2.20 bits per heavy atom. The number of rotatable bonds is 5. The number of anilines is 1. The van der Waals surface area contributed by atoms with Crippen LogP contribution in [0.1, 0.15) is 25.7 Å².